The third kappa shape index (κ3) is 6.24. The molecule has 0 spiro atoms. The van der Waals surface area contributed by atoms with Crippen LogP contribution in [0.4, 0.5) is 0 Å². The highest BCUT2D eigenvalue weighted by Gasteiger charge is 2.25. The molecule has 166 valence electrons. The van der Waals surface area contributed by atoms with Crippen LogP contribution in [-0.2, 0) is 18.6 Å². The minimum atomic E-state index is -0.960. The Balaban J connectivity index is 0.00000320. The van der Waals surface area contributed by atoms with Crippen LogP contribution in [0.5, 0.6) is 11.5 Å². The van der Waals surface area contributed by atoms with E-state index < -0.39 is 5.60 Å². The van der Waals surface area contributed by atoms with Crippen LogP contribution in [0.15, 0.2) is 34.6 Å². The second kappa shape index (κ2) is 11.2. The van der Waals surface area contributed by atoms with Gasteiger partial charge in [-0.3, -0.25) is 0 Å². The van der Waals surface area contributed by atoms with Crippen molar-refractivity contribution in [1.82, 2.24) is 10.6 Å². The molecule has 6 nitrogen and oxygen atoms in total. The molecule has 3 N–H and O–H groups in total. The molecule has 1 aromatic heterocycles. The van der Waals surface area contributed by atoms with Crippen LogP contribution >= 0.6 is 35.3 Å². The first kappa shape index (κ1) is 24.7. The number of hydrogen-bond acceptors (Lipinski definition) is 5. The molecule has 3 rings (SSSR count). The topological polar surface area (TPSA) is 75.1 Å². The predicted octanol–water partition coefficient (Wildman–Crippen LogP) is 4.05. The number of fused-ring (bicyclic) bond motifs is 1. The summed E-state index contributed by atoms with van der Waals surface area (Å²) in [6, 6.07) is 8.00. The molecule has 1 aliphatic heterocycles. The summed E-state index contributed by atoms with van der Waals surface area (Å²) >= 11 is 1.54. The van der Waals surface area contributed by atoms with E-state index in [2.05, 4.69) is 23.6 Å². The number of thiophene rings is 1. The molecule has 0 bridgehead atoms. The maximum absolute atomic E-state index is 10.8. The summed E-state index contributed by atoms with van der Waals surface area (Å²) in [4.78, 5) is 5.63. The Morgan fingerprint density at radius 1 is 1.37 bits per heavy atom. The van der Waals surface area contributed by atoms with Crippen molar-refractivity contribution in [3.63, 3.8) is 0 Å². The molecule has 0 fully saturated rings. The Hall–Kier alpha value is -1.52. The van der Waals surface area contributed by atoms with E-state index in [4.69, 9.17) is 14.5 Å². The van der Waals surface area contributed by atoms with Gasteiger partial charge in [0.15, 0.2) is 5.96 Å². The van der Waals surface area contributed by atoms with Crippen molar-refractivity contribution < 1.29 is 14.6 Å². The van der Waals surface area contributed by atoms with Gasteiger partial charge in [0.2, 0.25) is 0 Å². The number of nitrogens with zero attached hydrogens (tertiary/aromatic N) is 1. The number of aliphatic imine (C=N–C) groups is 1. The third-order valence-corrected chi connectivity index (χ3v) is 5.91. The predicted molar refractivity (Wildman–Crippen MR) is 134 cm³/mol. The van der Waals surface area contributed by atoms with Crippen molar-refractivity contribution in [1.29, 1.82) is 0 Å². The molecule has 2 unspecified atom stereocenters. The van der Waals surface area contributed by atoms with Crippen LogP contribution in [-0.4, -0.2) is 36.9 Å². The van der Waals surface area contributed by atoms with Gasteiger partial charge < -0.3 is 25.2 Å². The normalized spacial score (nSPS) is 17.4. The van der Waals surface area contributed by atoms with Crippen LogP contribution in [0, 0.1) is 0 Å². The number of aliphatic hydroxyl groups is 1. The highest BCUT2D eigenvalue weighted by molar-refractivity contribution is 14.0. The van der Waals surface area contributed by atoms with Gasteiger partial charge in [0.25, 0.3) is 0 Å². The molecule has 2 atom stereocenters. The van der Waals surface area contributed by atoms with Crippen LogP contribution in [0.3, 0.4) is 0 Å². The second-order valence-electron chi connectivity index (χ2n) is 7.43. The van der Waals surface area contributed by atoms with Crippen LogP contribution in [0.25, 0.3) is 0 Å². The Kier molecular flexibility index (Phi) is 9.24. The summed E-state index contributed by atoms with van der Waals surface area (Å²) in [7, 11) is 0. The minimum absolute atomic E-state index is 0. The van der Waals surface area contributed by atoms with Gasteiger partial charge in [-0.2, -0.15) is 0 Å². The van der Waals surface area contributed by atoms with Crippen molar-refractivity contribution in [2.45, 2.75) is 52.4 Å². The largest absolute Gasteiger partial charge is 0.494 e. The lowest BCUT2D eigenvalue weighted by molar-refractivity contribution is 0.0655. The fourth-order valence-corrected chi connectivity index (χ4v) is 4.12. The second-order valence-corrected chi connectivity index (χ2v) is 8.38. The number of hydrogen-bond donors (Lipinski definition) is 3. The third-order valence-electron chi connectivity index (χ3n) is 4.78. The molecule has 0 saturated carbocycles. The first-order valence-corrected chi connectivity index (χ1v) is 11.0. The van der Waals surface area contributed by atoms with E-state index in [0.29, 0.717) is 25.7 Å². The smallest absolute Gasteiger partial charge is 0.191 e. The van der Waals surface area contributed by atoms with Gasteiger partial charge in [0.05, 0.1) is 19.7 Å². The molecular formula is C22H32IN3O3S. The van der Waals surface area contributed by atoms with Gasteiger partial charge in [0, 0.05) is 29.0 Å². The van der Waals surface area contributed by atoms with E-state index in [-0.39, 0.29) is 30.1 Å². The zero-order chi connectivity index (χ0) is 20.9. The number of nitrogens with one attached hydrogen (secondary N) is 2. The van der Waals surface area contributed by atoms with E-state index in [1.54, 1.807) is 11.3 Å². The maximum Gasteiger partial charge on any atom is 0.191 e. The van der Waals surface area contributed by atoms with Crippen molar-refractivity contribution in [3.05, 3.63) is 45.6 Å². The molecule has 8 heteroatoms. The van der Waals surface area contributed by atoms with Crippen molar-refractivity contribution >= 4 is 41.3 Å². The fraction of sp³-hybridized carbons (Fsp3) is 0.500. The standard InChI is InChI=1S/C22H31N3O3S.HI/c1-5-23-21(25-14-22(4,26)20-8-7-9-29-20)24-13-17-12-19-16(10-15(3)28-19)11-18(17)27-6-2;/h7-9,11-12,15,26H,5-6,10,13-14H2,1-4H3,(H2,23,24,25);1H. The number of benzene rings is 1. The van der Waals surface area contributed by atoms with Gasteiger partial charge in [-0.25, -0.2) is 4.99 Å². The molecule has 0 aliphatic carbocycles. The van der Waals surface area contributed by atoms with Crippen LogP contribution in [0.2, 0.25) is 0 Å². The summed E-state index contributed by atoms with van der Waals surface area (Å²) in [6.07, 6.45) is 1.10. The lowest BCUT2D eigenvalue weighted by atomic mass is 10.1. The molecule has 0 radical (unpaired) electrons. The highest BCUT2D eigenvalue weighted by Crippen LogP contribution is 2.35. The van der Waals surface area contributed by atoms with Crippen LogP contribution < -0.4 is 20.1 Å². The molecule has 2 aromatic rings. The van der Waals surface area contributed by atoms with Crippen molar-refractivity contribution in [2.75, 3.05) is 19.7 Å². The number of guanidine groups is 1. The summed E-state index contributed by atoms with van der Waals surface area (Å²) in [5, 5.41) is 19.2. The number of ether oxygens (including phenoxy) is 2. The van der Waals surface area contributed by atoms with E-state index in [9.17, 15) is 5.11 Å². The molecule has 0 amide bonds. The van der Waals surface area contributed by atoms with Crippen molar-refractivity contribution in [3.8, 4) is 11.5 Å². The Morgan fingerprint density at radius 3 is 2.83 bits per heavy atom. The van der Waals surface area contributed by atoms with E-state index in [0.717, 1.165) is 34.9 Å². The molecule has 30 heavy (non-hydrogen) atoms. The average Bonchev–Trinajstić information content (AvgIpc) is 3.33. The molecule has 2 heterocycles. The lowest BCUT2D eigenvalue weighted by Gasteiger charge is -2.23. The van der Waals surface area contributed by atoms with Gasteiger partial charge in [-0.1, -0.05) is 6.07 Å². The van der Waals surface area contributed by atoms with E-state index in [1.165, 1.54) is 5.56 Å². The molecular weight excluding hydrogens is 513 g/mol. The lowest BCUT2D eigenvalue weighted by Crippen LogP contribution is -2.44. The number of halogens is 1. The Labute approximate surface area is 200 Å². The summed E-state index contributed by atoms with van der Waals surface area (Å²) in [5.41, 5.74) is 1.21. The van der Waals surface area contributed by atoms with Crippen molar-refractivity contribution in [2.24, 2.45) is 4.99 Å². The van der Waals surface area contributed by atoms with Gasteiger partial charge in [-0.05, 0) is 51.3 Å². The summed E-state index contributed by atoms with van der Waals surface area (Å²) in [6.45, 7) is 10.0. The molecule has 1 aromatic carbocycles. The molecule has 0 saturated heterocycles. The SMILES string of the molecule is CCNC(=NCc1cc2c(cc1OCC)CC(C)O2)NCC(C)(O)c1cccs1.I. The Morgan fingerprint density at radius 2 is 2.17 bits per heavy atom. The van der Waals surface area contributed by atoms with E-state index in [1.807, 2.05) is 44.4 Å². The Bertz CT molecular complexity index is 840. The monoisotopic (exact) mass is 545 g/mol. The van der Waals surface area contributed by atoms with Gasteiger partial charge in [-0.15, -0.1) is 35.3 Å². The first-order chi connectivity index (χ1) is 13.9. The van der Waals surface area contributed by atoms with E-state index >= 15 is 0 Å². The number of rotatable bonds is 8. The minimum Gasteiger partial charge on any atom is -0.494 e. The van der Waals surface area contributed by atoms with Gasteiger partial charge >= 0.3 is 0 Å². The first-order valence-electron chi connectivity index (χ1n) is 10.2. The van der Waals surface area contributed by atoms with Crippen LogP contribution in [0.1, 0.15) is 43.7 Å². The summed E-state index contributed by atoms with van der Waals surface area (Å²) < 4.78 is 11.7. The average molecular weight is 545 g/mol. The highest BCUT2D eigenvalue weighted by atomic mass is 127. The zero-order valence-corrected chi connectivity index (χ0v) is 21.2. The molecule has 1 aliphatic rings. The zero-order valence-electron chi connectivity index (χ0n) is 18.0. The summed E-state index contributed by atoms with van der Waals surface area (Å²) in [5.74, 6) is 2.43. The maximum atomic E-state index is 10.8. The van der Waals surface area contributed by atoms with Gasteiger partial charge in [0.1, 0.15) is 23.2 Å². The quantitative estimate of drug-likeness (QED) is 0.265. The fourth-order valence-electron chi connectivity index (χ4n) is 3.33.